The number of carbonyl (C=O) groups excluding carboxylic acids is 2. The van der Waals surface area contributed by atoms with Gasteiger partial charge < -0.3 is 17.8 Å². The van der Waals surface area contributed by atoms with Gasteiger partial charge in [0, 0.05) is 23.2 Å². The lowest BCUT2D eigenvalue weighted by Crippen LogP contribution is -2.27. The molecule has 0 aliphatic rings. The molecule has 16 heteroatoms. The summed E-state index contributed by atoms with van der Waals surface area (Å²) in [7, 11) is 2.37. The van der Waals surface area contributed by atoms with Crippen molar-refractivity contribution in [2.75, 3.05) is 18.9 Å². The molecule has 0 aliphatic carbocycles. The summed E-state index contributed by atoms with van der Waals surface area (Å²) in [5.41, 5.74) is 2.49. The van der Waals surface area contributed by atoms with Gasteiger partial charge in [-0.15, -0.1) is 10.2 Å². The van der Waals surface area contributed by atoms with Gasteiger partial charge in [-0.05, 0) is 43.7 Å². The molecule has 3 unspecified atom stereocenters. The molecular formula is C27H32N6O8S2. The van der Waals surface area contributed by atoms with Crippen molar-refractivity contribution in [3.8, 4) is 11.5 Å². The van der Waals surface area contributed by atoms with E-state index in [0.717, 1.165) is 5.69 Å². The van der Waals surface area contributed by atoms with Gasteiger partial charge in [0.15, 0.2) is 11.5 Å². The maximum atomic E-state index is 12.9. The first-order valence-electron chi connectivity index (χ1n) is 12.9. The molecule has 0 aliphatic heterocycles. The zero-order chi connectivity index (χ0) is 31.5. The number of H-pyrrole nitrogens is 1. The predicted molar refractivity (Wildman–Crippen MR) is 159 cm³/mol. The molecule has 230 valence electrons. The average molecular weight is 633 g/mol. The number of aromatic nitrogens is 4. The van der Waals surface area contributed by atoms with Crippen molar-refractivity contribution in [3.63, 3.8) is 0 Å². The second-order valence-corrected chi connectivity index (χ2v) is 12.2. The van der Waals surface area contributed by atoms with Gasteiger partial charge in [-0.2, -0.15) is 13.1 Å². The Kier molecular flexibility index (Phi) is 9.52. The Hall–Kier alpha value is -4.28. The number of esters is 2. The Morgan fingerprint density at radius 3 is 2.19 bits per heavy atom. The average Bonchev–Trinajstić information content (AvgIpc) is 3.55. The van der Waals surface area contributed by atoms with Gasteiger partial charge in [0.1, 0.15) is 11.5 Å². The maximum Gasteiger partial charge on any atom is 0.338 e. The van der Waals surface area contributed by atoms with Crippen LogP contribution < -0.4 is 17.8 Å². The van der Waals surface area contributed by atoms with Gasteiger partial charge >= 0.3 is 23.2 Å². The highest BCUT2D eigenvalue weighted by Crippen LogP contribution is 2.26. The molecule has 4 rings (SSSR count). The molecule has 0 amide bonds. The van der Waals surface area contributed by atoms with Crippen molar-refractivity contribution in [1.82, 2.24) is 24.5 Å². The van der Waals surface area contributed by atoms with E-state index in [9.17, 15) is 18.0 Å². The summed E-state index contributed by atoms with van der Waals surface area (Å²) in [6, 6.07) is 10.0. The first kappa shape index (κ1) is 31.7. The molecule has 43 heavy (non-hydrogen) atoms. The minimum Gasteiger partial charge on any atom is -0.465 e. The van der Waals surface area contributed by atoms with Gasteiger partial charge in [0.25, 0.3) is 11.3 Å². The number of methoxy groups -OCH3 is 2. The van der Waals surface area contributed by atoms with Crippen LogP contribution in [0.5, 0.6) is 11.5 Å². The molecule has 0 bridgehead atoms. The highest BCUT2D eigenvalue weighted by molar-refractivity contribution is 7.82. The lowest BCUT2D eigenvalue weighted by Gasteiger charge is -2.16. The van der Waals surface area contributed by atoms with Crippen LogP contribution in [0, 0.1) is 6.92 Å². The Morgan fingerprint density at radius 2 is 1.58 bits per heavy atom. The molecule has 3 N–H and O–H groups in total. The number of nitrogens with one attached hydrogen (secondary N) is 3. The van der Waals surface area contributed by atoms with Crippen molar-refractivity contribution in [2.45, 2.75) is 46.1 Å². The Bertz CT molecular complexity index is 1680. The van der Waals surface area contributed by atoms with E-state index in [-0.39, 0.29) is 28.0 Å². The number of hydrogen-bond donors (Lipinski definition) is 3. The third-order valence-electron chi connectivity index (χ3n) is 6.16. The molecule has 2 heterocycles. The van der Waals surface area contributed by atoms with E-state index in [1.165, 1.54) is 38.5 Å². The summed E-state index contributed by atoms with van der Waals surface area (Å²) < 4.78 is 53.4. The van der Waals surface area contributed by atoms with Gasteiger partial charge in [-0.25, -0.2) is 14.1 Å². The second kappa shape index (κ2) is 12.9. The lowest BCUT2D eigenvalue weighted by atomic mass is 9.93. The number of nitrogens with zero attached hydrogens (tertiary/aromatic N) is 3. The third-order valence-corrected chi connectivity index (χ3v) is 7.79. The maximum absolute atomic E-state index is 12.9. The van der Waals surface area contributed by atoms with Crippen LogP contribution in [0.25, 0.3) is 5.65 Å². The molecule has 3 atom stereocenters. The highest BCUT2D eigenvalue weighted by Gasteiger charge is 2.23. The number of aryl methyl sites for hydroxylation is 1. The topological polar surface area (TPSA) is 175 Å². The van der Waals surface area contributed by atoms with Crippen LogP contribution in [-0.2, 0) is 37.4 Å². The van der Waals surface area contributed by atoms with E-state index in [4.69, 9.17) is 17.8 Å². The number of carbonyl (C=O) groups is 2. The van der Waals surface area contributed by atoms with Crippen LogP contribution in [0.4, 0.5) is 5.69 Å². The Labute approximate surface area is 253 Å². The molecular weight excluding hydrogens is 600 g/mol. The second-order valence-electron chi connectivity index (χ2n) is 10.5. The fourth-order valence-electron chi connectivity index (χ4n) is 3.84. The van der Waals surface area contributed by atoms with E-state index in [1.807, 2.05) is 6.07 Å². The number of aromatic amines is 1. The van der Waals surface area contributed by atoms with Crippen molar-refractivity contribution in [1.29, 1.82) is 0 Å². The Morgan fingerprint density at radius 1 is 0.930 bits per heavy atom. The van der Waals surface area contributed by atoms with Crippen LogP contribution in [0.1, 0.15) is 71.5 Å². The zero-order valence-electron chi connectivity index (χ0n) is 24.5. The highest BCUT2D eigenvalue weighted by atomic mass is 32.2. The van der Waals surface area contributed by atoms with Crippen LogP contribution in [0.3, 0.4) is 0 Å². The predicted octanol–water partition coefficient (Wildman–Crippen LogP) is 3.61. The molecule has 4 aromatic rings. The molecule has 2 aromatic heterocycles. The van der Waals surface area contributed by atoms with E-state index in [1.54, 1.807) is 30.5 Å². The summed E-state index contributed by atoms with van der Waals surface area (Å²) in [4.78, 5) is 24.0. The van der Waals surface area contributed by atoms with Crippen molar-refractivity contribution in [3.05, 3.63) is 70.7 Å². The third kappa shape index (κ3) is 7.57. The van der Waals surface area contributed by atoms with E-state index < -0.39 is 40.5 Å². The monoisotopic (exact) mass is 632 g/mol. The molecule has 0 fully saturated rings. The van der Waals surface area contributed by atoms with Gasteiger partial charge in [-0.3, -0.25) is 9.82 Å². The fourth-order valence-corrected chi connectivity index (χ4v) is 5.26. The standard InChI is InChI=1S/C27H32N6O8S2/c1-15-8-9-19(32-43(37)40-20-11-17(25(34)38-6)10-18(12-20)26(35)39-7)13-21(15)41-42(36)31-16(2)24-29-28-23-14-22(27(3,4)5)30-33(23)24/h8-14,16,30-32H,1-7H3. The van der Waals surface area contributed by atoms with Crippen LogP contribution in [0.2, 0.25) is 0 Å². The number of hydrogen-bond acceptors (Lipinski definition) is 10. The minimum absolute atomic E-state index is 0.00500. The number of ether oxygens (including phenoxy) is 2. The first-order valence-corrected chi connectivity index (χ1v) is 15.0. The van der Waals surface area contributed by atoms with Crippen LogP contribution >= 0.6 is 0 Å². The number of anilines is 1. The zero-order valence-corrected chi connectivity index (χ0v) is 26.2. The van der Waals surface area contributed by atoms with E-state index >= 15 is 0 Å². The number of rotatable bonds is 11. The summed E-state index contributed by atoms with van der Waals surface area (Å²) in [5.74, 6) is -0.713. The van der Waals surface area contributed by atoms with Crippen LogP contribution in [-0.4, -0.2) is 54.4 Å². The SMILES string of the molecule is COC(=O)c1cc(OS(=O)Nc2ccc(C)c(OS(=O)NC(C)c3nnc4cc(C(C)(C)C)[nH]n34)c2)cc(C(=O)OC)c1. The van der Waals surface area contributed by atoms with Gasteiger partial charge in [0.05, 0.1) is 37.1 Å². The largest absolute Gasteiger partial charge is 0.465 e. The quantitative estimate of drug-likeness (QED) is 0.207. The molecule has 14 nitrogen and oxygen atoms in total. The Balaban J connectivity index is 1.43. The summed E-state index contributed by atoms with van der Waals surface area (Å²) >= 11 is -4.15. The lowest BCUT2D eigenvalue weighted by molar-refractivity contribution is 0.0598. The first-order chi connectivity index (χ1) is 20.3. The van der Waals surface area contributed by atoms with E-state index in [0.29, 0.717) is 22.7 Å². The van der Waals surface area contributed by atoms with Crippen molar-refractivity contribution in [2.24, 2.45) is 0 Å². The normalized spacial score (nSPS) is 13.7. The molecule has 0 spiro atoms. The molecule has 0 saturated carbocycles. The fraction of sp³-hybridized carbons (Fsp3) is 0.333. The van der Waals surface area contributed by atoms with Crippen LogP contribution in [0.15, 0.2) is 42.5 Å². The molecule has 2 aromatic carbocycles. The summed E-state index contributed by atoms with van der Waals surface area (Å²) in [6.07, 6.45) is 0. The van der Waals surface area contributed by atoms with Gasteiger partial charge in [-0.1, -0.05) is 26.8 Å². The smallest absolute Gasteiger partial charge is 0.338 e. The summed E-state index contributed by atoms with van der Waals surface area (Å²) in [5, 5.41) is 11.7. The minimum atomic E-state index is -2.17. The van der Waals surface area contributed by atoms with E-state index in [2.05, 4.69) is 45.5 Å². The molecule has 0 radical (unpaired) electrons. The van der Waals surface area contributed by atoms with Crippen molar-refractivity contribution < 1.29 is 35.8 Å². The van der Waals surface area contributed by atoms with Gasteiger partial charge in [0.2, 0.25) is 0 Å². The number of benzene rings is 2. The molecule has 0 saturated heterocycles. The number of fused-ring (bicyclic) bond motifs is 1. The summed E-state index contributed by atoms with van der Waals surface area (Å²) in [6.45, 7) is 9.77. The van der Waals surface area contributed by atoms with Crippen molar-refractivity contribution >= 4 is 45.8 Å².